The molecule has 122 valence electrons. The van der Waals surface area contributed by atoms with Gasteiger partial charge in [-0.15, -0.1) is 0 Å². The maximum absolute atomic E-state index is 12.1. The van der Waals surface area contributed by atoms with E-state index in [1.165, 1.54) is 6.42 Å². The maximum atomic E-state index is 12.1. The lowest BCUT2D eigenvalue weighted by Crippen LogP contribution is -2.52. The van der Waals surface area contributed by atoms with Crippen LogP contribution in [0.1, 0.15) is 54.7 Å². The molecule has 0 radical (unpaired) electrons. The first kappa shape index (κ1) is 15.5. The van der Waals surface area contributed by atoms with Gasteiger partial charge in [0, 0.05) is 30.9 Å². The highest BCUT2D eigenvalue weighted by Gasteiger charge is 2.31. The molecule has 2 aliphatic rings. The molecule has 2 fully saturated rings. The molecule has 2 heterocycles. The summed E-state index contributed by atoms with van der Waals surface area (Å²) in [5.74, 6) is -0.0968. The molecule has 1 aliphatic heterocycles. The molecule has 22 heavy (non-hydrogen) atoms. The van der Waals surface area contributed by atoms with Crippen LogP contribution in [0.4, 0.5) is 0 Å². The van der Waals surface area contributed by atoms with Crippen molar-refractivity contribution < 1.29 is 9.90 Å². The van der Waals surface area contributed by atoms with E-state index in [0.717, 1.165) is 50.9 Å². The minimum atomic E-state index is -0.174. The van der Waals surface area contributed by atoms with Crippen molar-refractivity contribution >= 4 is 5.91 Å². The molecule has 1 aromatic rings. The van der Waals surface area contributed by atoms with Crippen LogP contribution in [0.15, 0.2) is 6.07 Å². The third kappa shape index (κ3) is 3.50. The van der Waals surface area contributed by atoms with E-state index in [9.17, 15) is 9.90 Å². The Hall–Kier alpha value is -1.40. The average Bonchev–Trinajstić information content (AvgIpc) is 2.95. The molecule has 0 bridgehead atoms. The molecular formula is C16H26N4O2. The topological polar surface area (TPSA) is 81.2 Å². The molecule has 3 rings (SSSR count). The van der Waals surface area contributed by atoms with Crippen LogP contribution in [-0.4, -0.2) is 57.4 Å². The fourth-order valence-corrected chi connectivity index (χ4v) is 3.69. The Balaban J connectivity index is 1.48. The molecule has 1 saturated heterocycles. The second-order valence-electron chi connectivity index (χ2n) is 6.64. The molecule has 6 nitrogen and oxygen atoms in total. The molecular weight excluding hydrogens is 280 g/mol. The van der Waals surface area contributed by atoms with Crippen LogP contribution in [0.25, 0.3) is 0 Å². The summed E-state index contributed by atoms with van der Waals surface area (Å²) in [4.78, 5) is 14.5. The maximum Gasteiger partial charge on any atom is 0.271 e. The molecule has 0 aromatic carbocycles. The van der Waals surface area contributed by atoms with Gasteiger partial charge in [0.25, 0.3) is 5.91 Å². The summed E-state index contributed by atoms with van der Waals surface area (Å²) < 4.78 is 0. The zero-order valence-electron chi connectivity index (χ0n) is 13.2. The van der Waals surface area contributed by atoms with E-state index in [2.05, 4.69) is 20.4 Å². The number of aromatic nitrogens is 2. The molecule has 1 amide bonds. The van der Waals surface area contributed by atoms with Gasteiger partial charge in [-0.05, 0) is 38.7 Å². The summed E-state index contributed by atoms with van der Waals surface area (Å²) >= 11 is 0. The molecule has 2 unspecified atom stereocenters. The Bertz CT molecular complexity index is 508. The lowest BCUT2D eigenvalue weighted by atomic mass is 9.89. The number of amides is 1. The first-order valence-corrected chi connectivity index (χ1v) is 8.38. The summed E-state index contributed by atoms with van der Waals surface area (Å²) in [6.07, 6.45) is 6.11. The van der Waals surface area contributed by atoms with Gasteiger partial charge in [-0.2, -0.15) is 5.10 Å². The molecule has 1 aromatic heterocycles. The Kier molecular flexibility index (Phi) is 4.78. The van der Waals surface area contributed by atoms with Gasteiger partial charge < -0.3 is 10.4 Å². The van der Waals surface area contributed by atoms with Gasteiger partial charge in [0.1, 0.15) is 5.69 Å². The van der Waals surface area contributed by atoms with Crippen LogP contribution < -0.4 is 5.32 Å². The number of aliphatic hydroxyl groups is 1. The highest BCUT2D eigenvalue weighted by Crippen LogP contribution is 2.25. The van der Waals surface area contributed by atoms with Gasteiger partial charge in [0.2, 0.25) is 0 Å². The van der Waals surface area contributed by atoms with Crippen molar-refractivity contribution in [3.63, 3.8) is 0 Å². The fourth-order valence-electron chi connectivity index (χ4n) is 3.69. The van der Waals surface area contributed by atoms with Crippen molar-refractivity contribution in [2.24, 2.45) is 0 Å². The first-order chi connectivity index (χ1) is 10.6. The van der Waals surface area contributed by atoms with Gasteiger partial charge >= 0.3 is 0 Å². The van der Waals surface area contributed by atoms with Crippen molar-refractivity contribution in [2.45, 2.75) is 63.6 Å². The number of H-pyrrole nitrogens is 1. The smallest absolute Gasteiger partial charge is 0.271 e. The third-order valence-electron chi connectivity index (χ3n) is 4.97. The van der Waals surface area contributed by atoms with E-state index >= 15 is 0 Å². The number of carbonyl (C=O) groups excluding carboxylic acids is 1. The van der Waals surface area contributed by atoms with E-state index in [4.69, 9.17) is 0 Å². The van der Waals surface area contributed by atoms with Gasteiger partial charge in [-0.1, -0.05) is 12.8 Å². The minimum Gasteiger partial charge on any atom is -0.391 e. The fraction of sp³-hybridized carbons (Fsp3) is 0.750. The molecule has 0 spiro atoms. The summed E-state index contributed by atoms with van der Waals surface area (Å²) in [6.45, 7) is 3.79. The Morgan fingerprint density at radius 1 is 1.32 bits per heavy atom. The first-order valence-electron chi connectivity index (χ1n) is 8.38. The number of aryl methyl sites for hydroxylation is 1. The van der Waals surface area contributed by atoms with Crippen molar-refractivity contribution in [2.75, 3.05) is 13.1 Å². The highest BCUT2D eigenvalue weighted by atomic mass is 16.3. The van der Waals surface area contributed by atoms with Crippen molar-refractivity contribution in [3.8, 4) is 0 Å². The van der Waals surface area contributed by atoms with E-state index in [0.29, 0.717) is 11.7 Å². The SMILES string of the molecule is Cc1cc(C(=O)NC2CCN(C3CCCCC3O)CC2)n[nH]1. The van der Waals surface area contributed by atoms with E-state index < -0.39 is 0 Å². The number of likely N-dealkylation sites (tertiary alicyclic amines) is 1. The number of nitrogens with zero attached hydrogens (tertiary/aromatic N) is 2. The Morgan fingerprint density at radius 3 is 2.68 bits per heavy atom. The lowest BCUT2D eigenvalue weighted by molar-refractivity contribution is 0.00726. The second-order valence-corrected chi connectivity index (χ2v) is 6.64. The molecule has 3 N–H and O–H groups in total. The third-order valence-corrected chi connectivity index (χ3v) is 4.97. The van der Waals surface area contributed by atoms with E-state index in [1.807, 2.05) is 6.92 Å². The van der Waals surface area contributed by atoms with E-state index in [1.54, 1.807) is 6.07 Å². The number of rotatable bonds is 3. The number of hydrogen-bond donors (Lipinski definition) is 3. The monoisotopic (exact) mass is 306 g/mol. The average molecular weight is 306 g/mol. The van der Waals surface area contributed by atoms with Gasteiger partial charge in [0.05, 0.1) is 6.10 Å². The quantitative estimate of drug-likeness (QED) is 0.784. The highest BCUT2D eigenvalue weighted by molar-refractivity contribution is 5.92. The summed E-state index contributed by atoms with van der Waals surface area (Å²) in [7, 11) is 0. The van der Waals surface area contributed by atoms with Crippen molar-refractivity contribution in [1.29, 1.82) is 0 Å². The number of carbonyl (C=O) groups is 1. The van der Waals surface area contributed by atoms with Gasteiger partial charge in [-0.3, -0.25) is 14.8 Å². The Morgan fingerprint density at radius 2 is 2.05 bits per heavy atom. The number of aromatic amines is 1. The van der Waals surface area contributed by atoms with Crippen LogP contribution >= 0.6 is 0 Å². The van der Waals surface area contributed by atoms with Crippen LogP contribution in [0, 0.1) is 6.92 Å². The standard InChI is InChI=1S/C16H26N4O2/c1-11-10-13(19-18-11)16(22)17-12-6-8-20(9-7-12)14-4-2-3-5-15(14)21/h10,12,14-15,21H,2-9H2,1H3,(H,17,22)(H,18,19). The normalized spacial score (nSPS) is 27.7. The molecule has 2 atom stereocenters. The number of nitrogens with one attached hydrogen (secondary N) is 2. The summed E-state index contributed by atoms with van der Waals surface area (Å²) in [6, 6.07) is 2.30. The molecule has 1 aliphatic carbocycles. The summed E-state index contributed by atoms with van der Waals surface area (Å²) in [5.41, 5.74) is 1.36. The van der Waals surface area contributed by atoms with Crippen LogP contribution in [0.2, 0.25) is 0 Å². The van der Waals surface area contributed by atoms with Crippen molar-refractivity contribution in [3.05, 3.63) is 17.5 Å². The largest absolute Gasteiger partial charge is 0.391 e. The predicted molar refractivity (Wildman–Crippen MR) is 83.6 cm³/mol. The Labute approximate surface area is 131 Å². The second kappa shape index (κ2) is 6.79. The molecule has 6 heteroatoms. The number of piperidine rings is 1. The van der Waals surface area contributed by atoms with Crippen LogP contribution in [0.5, 0.6) is 0 Å². The van der Waals surface area contributed by atoms with Crippen molar-refractivity contribution in [1.82, 2.24) is 20.4 Å². The van der Waals surface area contributed by atoms with Gasteiger partial charge in [0.15, 0.2) is 0 Å². The lowest BCUT2D eigenvalue weighted by Gasteiger charge is -2.41. The van der Waals surface area contributed by atoms with Gasteiger partial charge in [-0.25, -0.2) is 0 Å². The number of aliphatic hydroxyl groups excluding tert-OH is 1. The zero-order chi connectivity index (χ0) is 15.5. The minimum absolute atomic E-state index is 0.0968. The predicted octanol–water partition coefficient (Wildman–Crippen LogP) is 1.22. The number of hydrogen-bond acceptors (Lipinski definition) is 4. The molecule has 1 saturated carbocycles. The summed E-state index contributed by atoms with van der Waals surface area (Å²) in [5, 5.41) is 20.0. The van der Waals surface area contributed by atoms with Crippen LogP contribution in [-0.2, 0) is 0 Å². The zero-order valence-corrected chi connectivity index (χ0v) is 13.2. The van der Waals surface area contributed by atoms with Crippen LogP contribution in [0.3, 0.4) is 0 Å². The van der Waals surface area contributed by atoms with E-state index in [-0.39, 0.29) is 18.1 Å².